The summed E-state index contributed by atoms with van der Waals surface area (Å²) in [6.45, 7) is 6.20. The van der Waals surface area contributed by atoms with Crippen molar-refractivity contribution in [2.24, 2.45) is 0 Å². The van der Waals surface area contributed by atoms with Gasteiger partial charge in [-0.2, -0.15) is 0 Å². The first-order valence-corrected chi connectivity index (χ1v) is 8.49. The van der Waals surface area contributed by atoms with Crippen molar-refractivity contribution in [3.63, 3.8) is 0 Å². The number of carboxylic acids is 1. The lowest BCUT2D eigenvalue weighted by Crippen LogP contribution is -2.30. The molecule has 130 valence electrons. The summed E-state index contributed by atoms with van der Waals surface area (Å²) < 4.78 is 7.03. The number of aryl methyl sites for hydroxylation is 2. The Hall–Kier alpha value is -2.15. The maximum atomic E-state index is 11.1. The molecule has 3 heterocycles. The number of furan rings is 1. The number of aromatic nitrogens is 3. The first-order valence-electron chi connectivity index (χ1n) is 8.49. The minimum Gasteiger partial charge on any atom is -0.480 e. The highest BCUT2D eigenvalue weighted by Gasteiger charge is 2.20. The molecule has 1 aliphatic rings. The Morgan fingerprint density at radius 3 is 2.75 bits per heavy atom. The summed E-state index contributed by atoms with van der Waals surface area (Å²) in [5.41, 5.74) is 0. The molecule has 1 saturated heterocycles. The van der Waals surface area contributed by atoms with Crippen molar-refractivity contribution in [1.29, 1.82) is 0 Å². The number of aliphatic carboxylic acids is 1. The van der Waals surface area contributed by atoms with Gasteiger partial charge in [0.05, 0.1) is 0 Å². The number of carboxylic acid groups (broad SMARTS) is 1. The van der Waals surface area contributed by atoms with Gasteiger partial charge in [-0.3, -0.25) is 4.79 Å². The van der Waals surface area contributed by atoms with Gasteiger partial charge in [-0.25, -0.2) is 9.67 Å². The predicted molar refractivity (Wildman–Crippen MR) is 88.7 cm³/mol. The minimum atomic E-state index is -0.920. The van der Waals surface area contributed by atoms with Crippen molar-refractivity contribution < 1.29 is 14.3 Å². The fourth-order valence-electron chi connectivity index (χ4n) is 3.18. The molecule has 0 unspecified atom stereocenters. The maximum Gasteiger partial charge on any atom is 0.325 e. The van der Waals surface area contributed by atoms with Crippen LogP contribution in [0.1, 0.15) is 37.8 Å². The Kier molecular flexibility index (Phi) is 4.99. The zero-order chi connectivity index (χ0) is 17.1. The lowest BCUT2D eigenvalue weighted by atomic mass is 10.1. The van der Waals surface area contributed by atoms with Gasteiger partial charge in [0.1, 0.15) is 18.1 Å². The average Bonchev–Trinajstić information content (AvgIpc) is 3.24. The van der Waals surface area contributed by atoms with Crippen molar-refractivity contribution in [3.8, 4) is 11.6 Å². The van der Waals surface area contributed by atoms with Crippen molar-refractivity contribution in [3.05, 3.63) is 23.7 Å². The second-order valence-electron chi connectivity index (χ2n) is 6.44. The third kappa shape index (κ3) is 3.84. The molecule has 0 aromatic carbocycles. The topological polar surface area (TPSA) is 84.4 Å². The molecule has 7 nitrogen and oxygen atoms in total. The van der Waals surface area contributed by atoms with Crippen LogP contribution < -0.4 is 0 Å². The van der Waals surface area contributed by atoms with Crippen LogP contribution in [-0.2, 0) is 17.8 Å². The van der Waals surface area contributed by atoms with Crippen molar-refractivity contribution >= 4 is 5.97 Å². The van der Waals surface area contributed by atoms with E-state index in [4.69, 9.17) is 9.52 Å². The van der Waals surface area contributed by atoms with E-state index in [1.807, 2.05) is 19.1 Å². The number of hydrogen-bond acceptors (Lipinski definition) is 5. The predicted octanol–water partition coefficient (Wildman–Crippen LogP) is 2.35. The smallest absolute Gasteiger partial charge is 0.325 e. The van der Waals surface area contributed by atoms with Crippen LogP contribution in [0.3, 0.4) is 0 Å². The summed E-state index contributed by atoms with van der Waals surface area (Å²) in [6, 6.07) is 4.13. The summed E-state index contributed by atoms with van der Waals surface area (Å²) in [5, 5.41) is 13.4. The second-order valence-corrected chi connectivity index (χ2v) is 6.44. The van der Waals surface area contributed by atoms with Gasteiger partial charge in [0, 0.05) is 12.5 Å². The first kappa shape index (κ1) is 16.7. The van der Waals surface area contributed by atoms with Gasteiger partial charge in [0.2, 0.25) is 5.82 Å². The molecular formula is C17H24N4O3. The molecule has 1 aliphatic heterocycles. The van der Waals surface area contributed by atoms with E-state index in [-0.39, 0.29) is 6.54 Å². The van der Waals surface area contributed by atoms with E-state index >= 15 is 0 Å². The van der Waals surface area contributed by atoms with E-state index in [1.165, 1.54) is 17.5 Å². The third-order valence-electron chi connectivity index (χ3n) is 4.54. The van der Waals surface area contributed by atoms with Crippen molar-refractivity contribution in [2.75, 3.05) is 13.1 Å². The highest BCUT2D eigenvalue weighted by Crippen LogP contribution is 2.20. The molecule has 0 spiro atoms. The summed E-state index contributed by atoms with van der Waals surface area (Å²) in [7, 11) is 0. The van der Waals surface area contributed by atoms with Gasteiger partial charge in [-0.1, -0.05) is 0 Å². The molecular weight excluding hydrogens is 308 g/mol. The van der Waals surface area contributed by atoms with Crippen molar-refractivity contribution in [1.82, 2.24) is 19.7 Å². The van der Waals surface area contributed by atoms with Crippen LogP contribution in [0.25, 0.3) is 11.6 Å². The van der Waals surface area contributed by atoms with E-state index in [0.29, 0.717) is 29.9 Å². The molecule has 0 aliphatic carbocycles. The third-order valence-corrected chi connectivity index (χ3v) is 4.54. The van der Waals surface area contributed by atoms with Gasteiger partial charge >= 0.3 is 5.97 Å². The highest BCUT2D eigenvalue weighted by atomic mass is 16.4. The van der Waals surface area contributed by atoms with Crippen LogP contribution in [0.4, 0.5) is 0 Å². The molecule has 2 aromatic rings. The normalized spacial score (nSPS) is 16.6. The molecule has 0 saturated carbocycles. The van der Waals surface area contributed by atoms with Gasteiger partial charge in [-0.15, -0.1) is 5.10 Å². The van der Waals surface area contributed by atoms with Crippen LogP contribution in [0.2, 0.25) is 0 Å². The number of hydrogen-bond donors (Lipinski definition) is 1. The SMILES string of the molecule is Cc1ccc(-c2nc(CC[C@@H](C)N3CCCC3)n(CC(=O)O)n2)o1. The molecule has 0 bridgehead atoms. The first-order chi connectivity index (χ1) is 11.5. The Morgan fingerprint density at radius 2 is 2.12 bits per heavy atom. The van der Waals surface area contributed by atoms with Crippen LogP contribution in [-0.4, -0.2) is 49.9 Å². The molecule has 0 radical (unpaired) electrons. The minimum absolute atomic E-state index is 0.180. The summed E-state index contributed by atoms with van der Waals surface area (Å²) in [4.78, 5) is 18.1. The molecule has 0 amide bonds. The Bertz CT molecular complexity index is 701. The van der Waals surface area contributed by atoms with Crippen LogP contribution >= 0.6 is 0 Å². The van der Waals surface area contributed by atoms with Crippen LogP contribution in [0.15, 0.2) is 16.5 Å². The molecule has 3 rings (SSSR count). The van der Waals surface area contributed by atoms with Gasteiger partial charge in [0.15, 0.2) is 5.76 Å². The van der Waals surface area contributed by atoms with Gasteiger partial charge in [0.25, 0.3) is 0 Å². The molecule has 7 heteroatoms. The monoisotopic (exact) mass is 332 g/mol. The molecule has 2 aromatic heterocycles. The zero-order valence-electron chi connectivity index (χ0n) is 14.2. The summed E-state index contributed by atoms with van der Waals surface area (Å²) in [6.07, 6.45) is 4.18. The van der Waals surface area contributed by atoms with E-state index in [2.05, 4.69) is 21.9 Å². The van der Waals surface area contributed by atoms with Crippen LogP contribution in [0.5, 0.6) is 0 Å². The number of likely N-dealkylation sites (tertiary alicyclic amines) is 1. The standard InChI is InChI=1S/C17H24N4O3/c1-12(20-9-3-4-10-20)5-8-15-18-17(14-7-6-13(2)24-14)19-21(15)11-16(22)23/h6-7,12H,3-5,8-11H2,1-2H3,(H,22,23)/t12-/m1/s1. The largest absolute Gasteiger partial charge is 0.480 e. The Morgan fingerprint density at radius 1 is 1.38 bits per heavy atom. The number of rotatable bonds is 7. The van der Waals surface area contributed by atoms with E-state index in [1.54, 1.807) is 0 Å². The van der Waals surface area contributed by atoms with Crippen molar-refractivity contribution in [2.45, 2.75) is 52.1 Å². The van der Waals surface area contributed by atoms with E-state index in [9.17, 15) is 4.79 Å². The highest BCUT2D eigenvalue weighted by molar-refractivity contribution is 5.66. The van der Waals surface area contributed by atoms with E-state index in [0.717, 1.165) is 25.3 Å². The quantitative estimate of drug-likeness (QED) is 0.838. The number of nitrogens with zero attached hydrogens (tertiary/aromatic N) is 4. The van der Waals surface area contributed by atoms with E-state index < -0.39 is 5.97 Å². The lowest BCUT2D eigenvalue weighted by molar-refractivity contribution is -0.137. The fourth-order valence-corrected chi connectivity index (χ4v) is 3.18. The summed E-state index contributed by atoms with van der Waals surface area (Å²) >= 11 is 0. The van der Waals surface area contributed by atoms with Crippen LogP contribution in [0, 0.1) is 6.92 Å². The second kappa shape index (κ2) is 7.17. The maximum absolute atomic E-state index is 11.1. The molecule has 1 atom stereocenters. The Balaban J connectivity index is 1.74. The molecule has 1 N–H and O–H groups in total. The fraction of sp³-hybridized carbons (Fsp3) is 0.588. The summed E-state index contributed by atoms with van der Waals surface area (Å²) in [5.74, 6) is 1.59. The average molecular weight is 332 g/mol. The van der Waals surface area contributed by atoms with Gasteiger partial charge < -0.3 is 14.4 Å². The molecule has 1 fully saturated rings. The zero-order valence-corrected chi connectivity index (χ0v) is 14.2. The van der Waals surface area contributed by atoms with Gasteiger partial charge in [-0.05, 0) is 58.3 Å². The lowest BCUT2D eigenvalue weighted by Gasteiger charge is -2.23. The molecule has 24 heavy (non-hydrogen) atoms. The Labute approximate surface area is 141 Å². The number of carbonyl (C=O) groups is 1.